The van der Waals surface area contributed by atoms with Crippen molar-refractivity contribution >= 4 is 11.0 Å². The summed E-state index contributed by atoms with van der Waals surface area (Å²) in [4.78, 5) is 9.11. The van der Waals surface area contributed by atoms with E-state index < -0.39 is 0 Å². The maximum Gasteiger partial charge on any atom is 0.0958 e. The molecule has 0 atom stereocenters. The molecule has 0 aliphatic carbocycles. The van der Waals surface area contributed by atoms with Crippen molar-refractivity contribution in [1.82, 2.24) is 14.5 Å². The Morgan fingerprint density at radius 3 is 2.73 bits per heavy atom. The number of benzene rings is 2. The van der Waals surface area contributed by atoms with Crippen molar-refractivity contribution in [3.05, 3.63) is 72.7 Å². The van der Waals surface area contributed by atoms with Crippen molar-refractivity contribution in [2.45, 2.75) is 19.9 Å². The quantitative estimate of drug-likeness (QED) is 0.582. The minimum absolute atomic E-state index is 0.180. The number of aromatic nitrogens is 3. The zero-order chi connectivity index (χ0) is 17.9. The summed E-state index contributed by atoms with van der Waals surface area (Å²) in [7, 11) is 0. The molecule has 0 saturated heterocycles. The summed E-state index contributed by atoms with van der Waals surface area (Å²) in [6, 6.07) is 18.8. The first-order valence-electron chi connectivity index (χ1n) is 8.84. The molecular formula is C22H21N3O. The summed E-state index contributed by atoms with van der Waals surface area (Å²) in [5.74, 6) is 0. The van der Waals surface area contributed by atoms with Crippen LogP contribution < -0.4 is 0 Å². The van der Waals surface area contributed by atoms with Crippen molar-refractivity contribution in [2.75, 3.05) is 6.61 Å². The molecule has 2 aromatic heterocycles. The first-order chi connectivity index (χ1) is 12.8. The molecule has 1 N–H and O–H groups in total. The number of rotatable bonds is 5. The lowest BCUT2D eigenvalue weighted by Gasteiger charge is -2.10. The van der Waals surface area contributed by atoms with Gasteiger partial charge in [0.25, 0.3) is 0 Å². The van der Waals surface area contributed by atoms with E-state index in [9.17, 15) is 0 Å². The molecule has 130 valence electrons. The largest absolute Gasteiger partial charge is 0.396 e. The zero-order valence-corrected chi connectivity index (χ0v) is 14.8. The predicted molar refractivity (Wildman–Crippen MR) is 105 cm³/mol. The Labute approximate surface area is 152 Å². The van der Waals surface area contributed by atoms with Crippen LogP contribution in [0.5, 0.6) is 0 Å². The normalized spacial score (nSPS) is 11.2. The first kappa shape index (κ1) is 16.5. The Balaban J connectivity index is 1.83. The molecule has 4 rings (SSSR count). The SMILES string of the molecule is Cc1cccc(-c2ncccc2-c2ccc3ncn(CCCO)c3c2)c1. The Hall–Kier alpha value is -2.98. The number of pyridine rings is 1. The number of nitrogens with zero attached hydrogens (tertiary/aromatic N) is 3. The van der Waals surface area contributed by atoms with Gasteiger partial charge < -0.3 is 9.67 Å². The van der Waals surface area contributed by atoms with Gasteiger partial charge in [0.1, 0.15) is 0 Å². The highest BCUT2D eigenvalue weighted by molar-refractivity contribution is 5.87. The van der Waals surface area contributed by atoms with E-state index in [0.29, 0.717) is 0 Å². The number of imidazole rings is 1. The van der Waals surface area contributed by atoms with Crippen LogP contribution in [0.15, 0.2) is 67.1 Å². The summed E-state index contributed by atoms with van der Waals surface area (Å²) in [5, 5.41) is 9.11. The van der Waals surface area contributed by atoms with Gasteiger partial charge in [0.2, 0.25) is 0 Å². The minimum Gasteiger partial charge on any atom is -0.396 e. The number of aliphatic hydroxyl groups is 1. The van der Waals surface area contributed by atoms with Gasteiger partial charge in [-0.1, -0.05) is 35.9 Å². The van der Waals surface area contributed by atoms with E-state index in [4.69, 9.17) is 5.11 Å². The third kappa shape index (κ3) is 3.11. The molecule has 0 unspecified atom stereocenters. The molecule has 0 aliphatic heterocycles. The van der Waals surface area contributed by atoms with Crippen molar-refractivity contribution < 1.29 is 5.11 Å². The summed E-state index contributed by atoms with van der Waals surface area (Å²) in [6.07, 6.45) is 4.40. The average molecular weight is 343 g/mol. The smallest absolute Gasteiger partial charge is 0.0958 e. The summed E-state index contributed by atoms with van der Waals surface area (Å²) in [6.45, 7) is 3.03. The number of hydrogen-bond donors (Lipinski definition) is 1. The molecule has 0 bridgehead atoms. The Morgan fingerprint density at radius 2 is 1.88 bits per heavy atom. The molecular weight excluding hydrogens is 322 g/mol. The van der Waals surface area contributed by atoms with E-state index in [-0.39, 0.29) is 6.61 Å². The molecule has 0 radical (unpaired) electrons. The highest BCUT2D eigenvalue weighted by Crippen LogP contribution is 2.32. The first-order valence-corrected chi connectivity index (χ1v) is 8.84. The van der Waals surface area contributed by atoms with Crippen LogP contribution in [0.25, 0.3) is 33.4 Å². The summed E-state index contributed by atoms with van der Waals surface area (Å²) in [5.41, 5.74) is 7.59. The topological polar surface area (TPSA) is 50.9 Å². The minimum atomic E-state index is 0.180. The van der Waals surface area contributed by atoms with Crippen molar-refractivity contribution in [1.29, 1.82) is 0 Å². The second-order valence-corrected chi connectivity index (χ2v) is 6.49. The van der Waals surface area contributed by atoms with E-state index in [1.807, 2.05) is 24.7 Å². The predicted octanol–water partition coefficient (Wildman–Crippen LogP) is 4.46. The highest BCUT2D eigenvalue weighted by Gasteiger charge is 2.11. The van der Waals surface area contributed by atoms with Crippen molar-refractivity contribution in [3.63, 3.8) is 0 Å². The molecule has 0 amide bonds. The molecule has 26 heavy (non-hydrogen) atoms. The standard InChI is InChI=1S/C22H21N3O/c1-16-5-2-6-18(13-16)22-19(7-3-10-23-22)17-8-9-20-21(14-17)25(15-24-20)11-4-12-26/h2-3,5-10,13-15,26H,4,11-12H2,1H3. The summed E-state index contributed by atoms with van der Waals surface area (Å²) < 4.78 is 2.10. The second-order valence-electron chi connectivity index (χ2n) is 6.49. The van der Waals surface area contributed by atoms with Gasteiger partial charge in [0, 0.05) is 30.5 Å². The Bertz CT molecular complexity index is 1050. The van der Waals surface area contributed by atoms with Crippen LogP contribution in [-0.4, -0.2) is 26.2 Å². The molecule has 2 heterocycles. The van der Waals surface area contributed by atoms with Crippen LogP contribution in [0.2, 0.25) is 0 Å². The van der Waals surface area contributed by atoms with E-state index in [1.54, 1.807) is 0 Å². The van der Waals surface area contributed by atoms with Crippen LogP contribution in [0.4, 0.5) is 0 Å². The Morgan fingerprint density at radius 1 is 0.962 bits per heavy atom. The van der Waals surface area contributed by atoms with E-state index in [2.05, 4.69) is 63.9 Å². The second kappa shape index (κ2) is 7.10. The number of aliphatic hydroxyl groups excluding tert-OH is 1. The number of aryl methyl sites for hydroxylation is 2. The van der Waals surface area contributed by atoms with Crippen LogP contribution in [0.1, 0.15) is 12.0 Å². The van der Waals surface area contributed by atoms with Crippen molar-refractivity contribution in [2.24, 2.45) is 0 Å². The summed E-state index contributed by atoms with van der Waals surface area (Å²) >= 11 is 0. The lowest BCUT2D eigenvalue weighted by molar-refractivity contribution is 0.280. The van der Waals surface area contributed by atoms with Crippen LogP contribution >= 0.6 is 0 Å². The molecule has 0 spiro atoms. The maximum absolute atomic E-state index is 9.11. The molecule has 0 fully saturated rings. The van der Waals surface area contributed by atoms with Gasteiger partial charge in [-0.3, -0.25) is 4.98 Å². The highest BCUT2D eigenvalue weighted by atomic mass is 16.3. The van der Waals surface area contributed by atoms with Crippen LogP contribution in [0.3, 0.4) is 0 Å². The van der Waals surface area contributed by atoms with Crippen LogP contribution in [0, 0.1) is 6.92 Å². The fourth-order valence-corrected chi connectivity index (χ4v) is 3.30. The number of hydrogen-bond acceptors (Lipinski definition) is 3. The van der Waals surface area contributed by atoms with E-state index in [0.717, 1.165) is 46.4 Å². The van der Waals surface area contributed by atoms with Crippen molar-refractivity contribution in [3.8, 4) is 22.4 Å². The fraction of sp³-hybridized carbons (Fsp3) is 0.182. The van der Waals surface area contributed by atoms with Gasteiger partial charge >= 0.3 is 0 Å². The van der Waals surface area contributed by atoms with Gasteiger partial charge in [-0.15, -0.1) is 0 Å². The average Bonchev–Trinajstić information content (AvgIpc) is 3.08. The monoisotopic (exact) mass is 343 g/mol. The molecule has 0 aliphatic rings. The zero-order valence-electron chi connectivity index (χ0n) is 14.8. The lowest BCUT2D eigenvalue weighted by atomic mass is 9.98. The van der Waals surface area contributed by atoms with Gasteiger partial charge in [-0.25, -0.2) is 4.98 Å². The van der Waals surface area contributed by atoms with E-state index in [1.165, 1.54) is 5.56 Å². The molecule has 4 nitrogen and oxygen atoms in total. The molecule has 4 heteroatoms. The van der Waals surface area contributed by atoms with Gasteiger partial charge in [-0.2, -0.15) is 0 Å². The van der Waals surface area contributed by atoms with Gasteiger partial charge in [0.15, 0.2) is 0 Å². The maximum atomic E-state index is 9.11. The van der Waals surface area contributed by atoms with Gasteiger partial charge in [0.05, 0.1) is 23.1 Å². The van der Waals surface area contributed by atoms with E-state index >= 15 is 0 Å². The van der Waals surface area contributed by atoms with Gasteiger partial charge in [-0.05, 0) is 43.2 Å². The third-order valence-corrected chi connectivity index (χ3v) is 4.59. The fourth-order valence-electron chi connectivity index (χ4n) is 3.30. The molecule has 2 aromatic carbocycles. The van der Waals surface area contributed by atoms with Crippen LogP contribution in [-0.2, 0) is 6.54 Å². The Kier molecular flexibility index (Phi) is 4.50. The molecule has 4 aromatic rings. The molecule has 0 saturated carbocycles. The number of fused-ring (bicyclic) bond motifs is 1. The lowest BCUT2D eigenvalue weighted by Crippen LogP contribution is -1.98. The third-order valence-electron chi connectivity index (χ3n) is 4.59.